The van der Waals surface area contributed by atoms with Gasteiger partial charge in [0.2, 0.25) is 0 Å². The summed E-state index contributed by atoms with van der Waals surface area (Å²) in [6, 6.07) is 10.2. The molecule has 7 N–H and O–H groups in total. The van der Waals surface area contributed by atoms with Crippen molar-refractivity contribution >= 4 is 34.4 Å². The summed E-state index contributed by atoms with van der Waals surface area (Å²) in [6.45, 7) is 11.1. The van der Waals surface area contributed by atoms with Crippen molar-refractivity contribution in [2.24, 2.45) is 23.0 Å². The van der Waals surface area contributed by atoms with Crippen molar-refractivity contribution in [1.29, 1.82) is 0 Å². The average molecular weight is 911 g/mol. The summed E-state index contributed by atoms with van der Waals surface area (Å²) in [5, 5.41) is 42.3. The number of H-pyrrole nitrogens is 1. The van der Waals surface area contributed by atoms with Crippen molar-refractivity contribution in [3.05, 3.63) is 70.9 Å². The van der Waals surface area contributed by atoms with Gasteiger partial charge >= 0.3 is 11.9 Å². The van der Waals surface area contributed by atoms with Gasteiger partial charge in [0.05, 0.1) is 32.5 Å². The van der Waals surface area contributed by atoms with E-state index in [0.717, 1.165) is 33.4 Å². The third kappa shape index (κ3) is 6.61. The Kier molecular flexibility index (Phi) is 11.9. The Labute approximate surface area is 388 Å². The molecule has 15 heteroatoms. The molecule has 358 valence electrons. The number of fused-ring (bicyclic) bond motifs is 6. The maximum atomic E-state index is 15.4. The normalized spacial score (nSPS) is 34.9. The van der Waals surface area contributed by atoms with Crippen LogP contribution in [0.4, 0.5) is 5.69 Å². The number of nitrogens with zero attached hydrogens (tertiary/aromatic N) is 3. The van der Waals surface area contributed by atoms with Crippen LogP contribution in [-0.4, -0.2) is 151 Å². The number of anilines is 1. The quantitative estimate of drug-likeness (QED) is 0.0880. The standard InChI is InChI=1S/C51H70N6O9/c1-8-47(62)26-31-27-50(46(61)65-7,40-33(16-21-56(28-31)29-47)32-14-10-11-15-36(32)54-40)35-24-34-37(25-38(35)64-6)55(5)43-49(34)18-22-57-20-12-17-48(9-2,42(49)57)44(59)51(43,63)45(60)53-19-13-23-66-41(58)39(52)30(3)4/h10-12,14-15,17,24-25,30-31,39,42-44,54,59,62-63H,8-9,13,16,18-23,26-29,52H2,1-7H3,(H,53,60)/t31-,39?,42?,43?,44?,47?,48-,49?,50+,51+/m1/s1. The number of para-hydroxylation sites is 1. The zero-order valence-electron chi connectivity index (χ0n) is 39.7. The molecule has 1 saturated carbocycles. The monoisotopic (exact) mass is 911 g/mol. The van der Waals surface area contributed by atoms with Crippen LogP contribution < -0.4 is 20.7 Å². The van der Waals surface area contributed by atoms with Gasteiger partial charge in [-0.3, -0.25) is 24.2 Å². The smallest absolute Gasteiger partial charge is 0.323 e. The molecule has 6 aliphatic rings. The number of rotatable bonds is 12. The number of nitrogens with one attached hydrogen (secondary N) is 2. The van der Waals surface area contributed by atoms with Crippen molar-refractivity contribution in [1.82, 2.24) is 20.1 Å². The van der Waals surface area contributed by atoms with Crippen LogP contribution in [0.15, 0.2) is 48.6 Å². The highest BCUT2D eigenvalue weighted by Crippen LogP contribution is 2.67. The van der Waals surface area contributed by atoms with Gasteiger partial charge in [-0.05, 0) is 86.6 Å². The lowest BCUT2D eigenvalue weighted by atomic mass is 9.47. The summed E-state index contributed by atoms with van der Waals surface area (Å²) in [5.74, 6) is -1.43. The number of amides is 1. The Morgan fingerprint density at radius 1 is 1.03 bits per heavy atom. The van der Waals surface area contributed by atoms with E-state index < -0.39 is 63.5 Å². The molecular formula is C51H70N6O9. The predicted octanol–water partition coefficient (Wildman–Crippen LogP) is 3.28. The largest absolute Gasteiger partial charge is 0.496 e. The number of benzene rings is 2. The topological polar surface area (TPSA) is 203 Å². The van der Waals surface area contributed by atoms with Crippen LogP contribution in [0.2, 0.25) is 0 Å². The van der Waals surface area contributed by atoms with Crippen molar-refractivity contribution in [2.75, 3.05) is 72.0 Å². The first-order valence-corrected chi connectivity index (χ1v) is 24.1. The van der Waals surface area contributed by atoms with Gasteiger partial charge in [0.25, 0.3) is 5.91 Å². The Hall–Kier alpha value is -4.51. The number of aliphatic hydroxyl groups is 3. The molecule has 3 fully saturated rings. The molecule has 6 heterocycles. The molecule has 2 saturated heterocycles. The molecule has 0 radical (unpaired) electrons. The molecule has 2 bridgehead atoms. The van der Waals surface area contributed by atoms with Gasteiger partial charge in [-0.2, -0.15) is 0 Å². The summed E-state index contributed by atoms with van der Waals surface area (Å²) in [5.41, 5.74) is 4.19. The molecule has 9 rings (SSSR count). The summed E-state index contributed by atoms with van der Waals surface area (Å²) in [4.78, 5) is 53.3. The number of aromatic amines is 1. The molecule has 1 aromatic heterocycles. The number of carbonyl (C=O) groups is 3. The first-order valence-electron chi connectivity index (χ1n) is 24.1. The van der Waals surface area contributed by atoms with Gasteiger partial charge < -0.3 is 50.5 Å². The molecule has 15 nitrogen and oxygen atoms in total. The van der Waals surface area contributed by atoms with E-state index in [0.29, 0.717) is 82.6 Å². The van der Waals surface area contributed by atoms with Gasteiger partial charge in [0, 0.05) is 90.6 Å². The first-order chi connectivity index (χ1) is 31.5. The van der Waals surface area contributed by atoms with Crippen molar-refractivity contribution < 1.29 is 43.9 Å². The number of piperidine rings is 1. The summed E-state index contributed by atoms with van der Waals surface area (Å²) < 4.78 is 17.8. The van der Waals surface area contributed by atoms with Crippen LogP contribution in [0, 0.1) is 17.3 Å². The van der Waals surface area contributed by atoms with E-state index in [9.17, 15) is 24.9 Å². The molecule has 2 aromatic carbocycles. The zero-order valence-corrected chi connectivity index (χ0v) is 39.7. The fraction of sp³-hybridized carbons (Fsp3) is 0.627. The number of aliphatic hydroxyl groups excluding tert-OH is 1. The molecule has 11 atom stereocenters. The molecule has 66 heavy (non-hydrogen) atoms. The Morgan fingerprint density at radius 3 is 2.52 bits per heavy atom. The SMILES string of the molecule is CCC1(O)C[C@H]2CN(CCc3c([nH]c4ccccc34)[C@@](C(=O)OC)(c3cc4c(cc3OC)N(C)C3C45CCN4CC=C[C@](CC)(C45)C(O)[C@]3(O)C(=O)NCCCOC(=O)C(N)C(C)C)C2)C1. The molecule has 1 aliphatic carbocycles. The predicted molar refractivity (Wildman–Crippen MR) is 250 cm³/mol. The molecule has 7 unspecified atom stereocenters. The second-order valence-electron chi connectivity index (χ2n) is 20.7. The molecule has 1 amide bonds. The van der Waals surface area contributed by atoms with E-state index in [1.54, 1.807) is 7.11 Å². The fourth-order valence-corrected chi connectivity index (χ4v) is 14.0. The van der Waals surface area contributed by atoms with Crippen molar-refractivity contribution in [2.45, 2.75) is 119 Å². The minimum absolute atomic E-state index is 0.0249. The van der Waals surface area contributed by atoms with Gasteiger partial charge in [0.1, 0.15) is 23.3 Å². The molecular weight excluding hydrogens is 841 g/mol. The second kappa shape index (κ2) is 16.9. The Balaban J connectivity index is 1.22. The number of hydrogen-bond acceptors (Lipinski definition) is 13. The highest BCUT2D eigenvalue weighted by Gasteiger charge is 2.78. The number of methoxy groups -OCH3 is 2. The second-order valence-corrected chi connectivity index (χ2v) is 20.7. The summed E-state index contributed by atoms with van der Waals surface area (Å²) in [6.07, 6.45) is 5.86. The molecule has 3 aromatic rings. The van der Waals surface area contributed by atoms with Gasteiger partial charge in [-0.1, -0.05) is 58.0 Å². The molecule has 5 aliphatic heterocycles. The maximum Gasteiger partial charge on any atom is 0.323 e. The van der Waals surface area contributed by atoms with Gasteiger partial charge in [-0.25, -0.2) is 0 Å². The zero-order chi connectivity index (χ0) is 47.1. The highest BCUT2D eigenvalue weighted by molar-refractivity contribution is 5.95. The maximum absolute atomic E-state index is 15.4. The van der Waals surface area contributed by atoms with E-state index in [4.69, 9.17) is 19.9 Å². The van der Waals surface area contributed by atoms with E-state index >= 15 is 4.79 Å². The third-order valence-corrected chi connectivity index (χ3v) is 17.0. The van der Waals surface area contributed by atoms with E-state index in [1.165, 1.54) is 7.11 Å². The number of carbonyl (C=O) groups excluding carboxylic acids is 3. The Morgan fingerprint density at radius 2 is 1.80 bits per heavy atom. The minimum atomic E-state index is -2.33. The van der Waals surface area contributed by atoms with Crippen LogP contribution in [0.25, 0.3) is 10.9 Å². The van der Waals surface area contributed by atoms with Gasteiger partial charge in [-0.15, -0.1) is 0 Å². The number of likely N-dealkylation sites (N-methyl/N-ethyl adjacent to an activating group) is 1. The van der Waals surface area contributed by atoms with Crippen LogP contribution >= 0.6 is 0 Å². The number of nitrogens with two attached hydrogens (primary N) is 1. The number of hydrogen-bond donors (Lipinski definition) is 6. The number of ether oxygens (including phenoxy) is 3. The van der Waals surface area contributed by atoms with Crippen molar-refractivity contribution in [3.8, 4) is 5.75 Å². The van der Waals surface area contributed by atoms with Crippen LogP contribution in [0.3, 0.4) is 0 Å². The van der Waals surface area contributed by atoms with Gasteiger partial charge in [0.15, 0.2) is 5.60 Å². The first kappa shape index (κ1) is 46.6. The average Bonchev–Trinajstić information content (AvgIpc) is 3.98. The number of esters is 2. The van der Waals surface area contributed by atoms with E-state index in [1.807, 2.05) is 76.1 Å². The Bertz CT molecular complexity index is 2420. The van der Waals surface area contributed by atoms with Crippen LogP contribution in [0.5, 0.6) is 5.75 Å². The summed E-state index contributed by atoms with van der Waals surface area (Å²) >= 11 is 0. The minimum Gasteiger partial charge on any atom is -0.496 e. The fourth-order valence-electron chi connectivity index (χ4n) is 14.0. The lowest BCUT2D eigenvalue weighted by Crippen LogP contribution is -2.81. The van der Waals surface area contributed by atoms with Crippen molar-refractivity contribution in [3.63, 3.8) is 0 Å². The lowest BCUT2D eigenvalue weighted by molar-refractivity contribution is -0.203. The van der Waals surface area contributed by atoms with Crippen LogP contribution in [-0.2, 0) is 41.1 Å². The van der Waals surface area contributed by atoms with Crippen LogP contribution in [0.1, 0.15) is 88.6 Å². The number of aromatic nitrogens is 1. The van der Waals surface area contributed by atoms with E-state index in [2.05, 4.69) is 32.2 Å². The highest BCUT2D eigenvalue weighted by atomic mass is 16.5. The lowest BCUT2D eigenvalue weighted by Gasteiger charge is -2.63. The third-order valence-electron chi connectivity index (χ3n) is 17.0. The van der Waals surface area contributed by atoms with E-state index in [-0.39, 0.29) is 37.5 Å². The molecule has 1 spiro atoms. The summed E-state index contributed by atoms with van der Waals surface area (Å²) in [7, 11) is 4.90.